The molecule has 19 heavy (non-hydrogen) atoms. The lowest BCUT2D eigenvalue weighted by atomic mass is 10.3. The molecule has 0 aliphatic heterocycles. The number of hydrogen-bond acceptors (Lipinski definition) is 4. The summed E-state index contributed by atoms with van der Waals surface area (Å²) in [5, 5.41) is 12.7. The van der Waals surface area contributed by atoms with E-state index < -0.39 is 13.0 Å². The number of aliphatic hydroxyl groups is 1. The zero-order valence-electron chi connectivity index (χ0n) is 9.99. The summed E-state index contributed by atoms with van der Waals surface area (Å²) in [6.45, 7) is -0.660. The SMILES string of the molecule is O=C(NCCOCC(F)F)c1csc(C#CCO)c1. The number of ether oxygens (including phenoxy) is 1. The Morgan fingerprint density at radius 3 is 3.05 bits per heavy atom. The largest absolute Gasteiger partial charge is 0.384 e. The van der Waals surface area contributed by atoms with E-state index in [1.807, 2.05) is 0 Å². The van der Waals surface area contributed by atoms with Gasteiger partial charge in [0.1, 0.15) is 13.2 Å². The van der Waals surface area contributed by atoms with E-state index in [-0.39, 0.29) is 25.7 Å². The highest BCUT2D eigenvalue weighted by atomic mass is 32.1. The Bertz CT molecular complexity index is 465. The zero-order chi connectivity index (χ0) is 14.1. The van der Waals surface area contributed by atoms with Gasteiger partial charge in [0.2, 0.25) is 0 Å². The molecule has 104 valence electrons. The highest BCUT2D eigenvalue weighted by Gasteiger charge is 2.07. The minimum atomic E-state index is -2.50. The van der Waals surface area contributed by atoms with E-state index in [0.29, 0.717) is 10.4 Å². The van der Waals surface area contributed by atoms with Gasteiger partial charge in [-0.3, -0.25) is 4.79 Å². The van der Waals surface area contributed by atoms with Gasteiger partial charge in [0, 0.05) is 11.9 Å². The van der Waals surface area contributed by atoms with Crippen LogP contribution in [0.4, 0.5) is 8.78 Å². The Kier molecular flexibility index (Phi) is 7.03. The summed E-state index contributed by atoms with van der Waals surface area (Å²) < 4.78 is 28.1. The van der Waals surface area contributed by atoms with Crippen LogP contribution in [0.3, 0.4) is 0 Å². The lowest BCUT2D eigenvalue weighted by Gasteiger charge is -2.04. The molecule has 1 rings (SSSR count). The third kappa shape index (κ3) is 6.29. The van der Waals surface area contributed by atoms with Crippen molar-refractivity contribution in [3.05, 3.63) is 21.9 Å². The molecule has 1 aromatic rings. The molecule has 4 nitrogen and oxygen atoms in total. The van der Waals surface area contributed by atoms with Crippen LogP contribution in [0.2, 0.25) is 0 Å². The van der Waals surface area contributed by atoms with Gasteiger partial charge in [-0.2, -0.15) is 0 Å². The van der Waals surface area contributed by atoms with Crippen molar-refractivity contribution in [2.75, 3.05) is 26.4 Å². The van der Waals surface area contributed by atoms with Crippen LogP contribution in [0.5, 0.6) is 0 Å². The summed E-state index contributed by atoms with van der Waals surface area (Å²) in [6, 6.07) is 1.60. The monoisotopic (exact) mass is 289 g/mol. The number of aliphatic hydroxyl groups excluding tert-OH is 1. The highest BCUT2D eigenvalue weighted by Crippen LogP contribution is 2.13. The number of thiophene rings is 1. The average Bonchev–Trinajstić information content (AvgIpc) is 2.84. The van der Waals surface area contributed by atoms with Crippen LogP contribution in [0.1, 0.15) is 15.2 Å². The number of carbonyl (C=O) groups excluding carboxylic acids is 1. The van der Waals surface area contributed by atoms with Crippen LogP contribution < -0.4 is 5.32 Å². The fourth-order valence-corrected chi connectivity index (χ4v) is 1.91. The molecule has 0 saturated carbocycles. The maximum atomic E-state index is 11.7. The Labute approximate surface area is 113 Å². The molecule has 0 saturated heterocycles. The smallest absolute Gasteiger partial charge is 0.261 e. The van der Waals surface area contributed by atoms with Gasteiger partial charge >= 0.3 is 0 Å². The van der Waals surface area contributed by atoms with E-state index in [9.17, 15) is 13.6 Å². The topological polar surface area (TPSA) is 58.6 Å². The molecule has 0 bridgehead atoms. The molecule has 7 heteroatoms. The molecule has 0 fully saturated rings. The van der Waals surface area contributed by atoms with Gasteiger partial charge in [0.15, 0.2) is 0 Å². The second kappa shape index (κ2) is 8.58. The quantitative estimate of drug-likeness (QED) is 0.609. The van der Waals surface area contributed by atoms with Crippen LogP contribution in [-0.2, 0) is 4.74 Å². The second-order valence-electron chi connectivity index (χ2n) is 3.38. The molecule has 1 heterocycles. The lowest BCUT2D eigenvalue weighted by molar-refractivity contribution is 0.0188. The third-order valence-electron chi connectivity index (χ3n) is 1.93. The zero-order valence-corrected chi connectivity index (χ0v) is 10.8. The molecular weight excluding hydrogens is 276 g/mol. The van der Waals surface area contributed by atoms with Gasteiger partial charge in [-0.1, -0.05) is 11.8 Å². The van der Waals surface area contributed by atoms with Crippen molar-refractivity contribution in [2.45, 2.75) is 6.43 Å². The first-order valence-electron chi connectivity index (χ1n) is 5.46. The van der Waals surface area contributed by atoms with Gasteiger partial charge in [-0.25, -0.2) is 8.78 Å². The number of nitrogens with one attached hydrogen (secondary N) is 1. The van der Waals surface area contributed by atoms with Gasteiger partial charge < -0.3 is 15.2 Å². The molecule has 0 radical (unpaired) electrons. The molecule has 2 N–H and O–H groups in total. The van der Waals surface area contributed by atoms with Gasteiger partial charge in [0.05, 0.1) is 17.0 Å². The Balaban J connectivity index is 2.31. The van der Waals surface area contributed by atoms with Crippen molar-refractivity contribution in [3.63, 3.8) is 0 Å². The van der Waals surface area contributed by atoms with E-state index in [0.717, 1.165) is 0 Å². The molecule has 0 spiro atoms. The van der Waals surface area contributed by atoms with Crippen molar-refractivity contribution < 1.29 is 23.4 Å². The van der Waals surface area contributed by atoms with E-state index >= 15 is 0 Å². The lowest BCUT2D eigenvalue weighted by Crippen LogP contribution is -2.27. The van der Waals surface area contributed by atoms with Crippen molar-refractivity contribution in [3.8, 4) is 11.8 Å². The van der Waals surface area contributed by atoms with E-state index in [4.69, 9.17) is 5.11 Å². The number of hydrogen-bond donors (Lipinski definition) is 2. The predicted octanol–water partition coefficient (Wildman–Crippen LogP) is 1.10. The van der Waals surface area contributed by atoms with Gasteiger partial charge in [-0.15, -0.1) is 11.3 Å². The second-order valence-corrected chi connectivity index (χ2v) is 4.29. The number of carbonyl (C=O) groups is 1. The molecule has 0 aliphatic carbocycles. The van der Waals surface area contributed by atoms with E-state index in [1.165, 1.54) is 11.3 Å². The number of alkyl halides is 2. The molecule has 0 atom stereocenters. The van der Waals surface area contributed by atoms with Crippen molar-refractivity contribution in [1.82, 2.24) is 5.32 Å². The van der Waals surface area contributed by atoms with Crippen LogP contribution >= 0.6 is 11.3 Å². The van der Waals surface area contributed by atoms with Crippen molar-refractivity contribution in [1.29, 1.82) is 0 Å². The summed E-state index contributed by atoms with van der Waals surface area (Å²) in [4.78, 5) is 12.3. The maximum absolute atomic E-state index is 11.7. The summed E-state index contributed by atoms with van der Waals surface area (Å²) in [5.41, 5.74) is 0.445. The van der Waals surface area contributed by atoms with Gasteiger partial charge in [-0.05, 0) is 6.07 Å². The minimum Gasteiger partial charge on any atom is -0.384 e. The van der Waals surface area contributed by atoms with Crippen LogP contribution in [0, 0.1) is 11.8 Å². The Hall–Kier alpha value is -1.49. The summed E-state index contributed by atoms with van der Waals surface area (Å²) in [7, 11) is 0. The molecule has 0 unspecified atom stereocenters. The van der Waals surface area contributed by atoms with Gasteiger partial charge in [0.25, 0.3) is 12.3 Å². The highest BCUT2D eigenvalue weighted by molar-refractivity contribution is 7.10. The first kappa shape index (κ1) is 15.6. The van der Waals surface area contributed by atoms with E-state index in [2.05, 4.69) is 21.9 Å². The first-order valence-corrected chi connectivity index (χ1v) is 6.33. The summed E-state index contributed by atoms with van der Waals surface area (Å²) >= 11 is 1.29. The van der Waals surface area contributed by atoms with Crippen LogP contribution in [0.25, 0.3) is 0 Å². The summed E-state index contributed by atoms with van der Waals surface area (Å²) in [5.74, 6) is 4.86. The minimum absolute atomic E-state index is 0.0391. The Morgan fingerprint density at radius 1 is 1.58 bits per heavy atom. The summed E-state index contributed by atoms with van der Waals surface area (Å²) in [6.07, 6.45) is -2.50. The molecule has 0 aliphatic rings. The number of rotatable bonds is 6. The number of amides is 1. The molecule has 1 aromatic heterocycles. The third-order valence-corrected chi connectivity index (χ3v) is 2.77. The molecule has 0 aromatic carbocycles. The van der Waals surface area contributed by atoms with Crippen molar-refractivity contribution in [2.24, 2.45) is 0 Å². The molecule has 1 amide bonds. The average molecular weight is 289 g/mol. The fourth-order valence-electron chi connectivity index (χ4n) is 1.16. The first-order chi connectivity index (χ1) is 9.13. The normalized spacial score (nSPS) is 10.1. The predicted molar refractivity (Wildman–Crippen MR) is 67.4 cm³/mol. The number of halogens is 2. The maximum Gasteiger partial charge on any atom is 0.261 e. The Morgan fingerprint density at radius 2 is 2.37 bits per heavy atom. The van der Waals surface area contributed by atoms with Crippen LogP contribution in [0.15, 0.2) is 11.4 Å². The van der Waals surface area contributed by atoms with Crippen LogP contribution in [-0.4, -0.2) is 43.8 Å². The standard InChI is InChI=1S/C12H13F2NO3S/c13-11(14)7-18-5-3-15-12(17)9-6-10(19-8-9)2-1-4-16/h6,8,11,16H,3-5,7H2,(H,15,17). The fraction of sp³-hybridized carbons (Fsp3) is 0.417. The van der Waals surface area contributed by atoms with E-state index in [1.54, 1.807) is 11.4 Å². The van der Waals surface area contributed by atoms with Crippen molar-refractivity contribution >= 4 is 17.2 Å². The molecular formula is C12H13F2NO3S.